The Bertz CT molecular complexity index is 1400. The molecule has 326 valence electrons. The fourth-order valence-electron chi connectivity index (χ4n) is 9.37. The third-order valence-electron chi connectivity index (χ3n) is 13.6. The van der Waals surface area contributed by atoms with Crippen molar-refractivity contribution >= 4 is 17.5 Å². The molecule has 3 aliphatic heterocycles. The zero-order valence-electron chi connectivity index (χ0n) is 36.5. The maximum atomic E-state index is 13.6. The average Bonchev–Trinajstić information content (AvgIpc) is 3.17. The Balaban J connectivity index is 2.02. The first-order chi connectivity index (χ1) is 26.6. The second-order valence-corrected chi connectivity index (χ2v) is 18.2. The molecule has 2 saturated heterocycles. The van der Waals surface area contributed by atoms with E-state index >= 15 is 0 Å². The summed E-state index contributed by atoms with van der Waals surface area (Å²) in [5.41, 5.74) is -2.18. The first-order valence-electron chi connectivity index (χ1n) is 21.7. The molecule has 5 N–H and O–H groups in total. The van der Waals surface area contributed by atoms with Gasteiger partial charge in [-0.05, 0) is 76.5 Å². The van der Waals surface area contributed by atoms with Gasteiger partial charge < -0.3 is 39.7 Å². The van der Waals surface area contributed by atoms with Crippen LogP contribution in [0, 0.1) is 53.3 Å². The van der Waals surface area contributed by atoms with Crippen molar-refractivity contribution in [1.82, 2.24) is 0 Å². The van der Waals surface area contributed by atoms with E-state index in [9.17, 15) is 39.9 Å². The van der Waals surface area contributed by atoms with E-state index in [2.05, 4.69) is 26.8 Å². The van der Waals surface area contributed by atoms with Crippen molar-refractivity contribution in [3.63, 3.8) is 0 Å². The monoisotopic (exact) mass is 805 g/mol. The first-order valence-corrected chi connectivity index (χ1v) is 21.7. The average molecular weight is 805 g/mol. The molecular formula is C46H76O11. The van der Waals surface area contributed by atoms with E-state index in [-0.39, 0.29) is 35.9 Å². The molecule has 3 aliphatic rings. The molecule has 11 nitrogen and oxygen atoms in total. The number of aliphatic hydroxyl groups excluding tert-OH is 4. The summed E-state index contributed by atoms with van der Waals surface area (Å²) in [6.07, 6.45) is 10.3. The SMILES string of the molecule is CC[C@@H]1/C=C/C=C/C[C@H](C)[C@@H](O)[C@](C)(O)C(=O)[C@H](C)[C@@H](O)[C@H](C)C(=O)[C@H](C)[C@@H](O)[C@H](C)/C=C/C(=O)O[C@H]2[C@@H](C)[C@@H](CC1)O[C@@]1(CC[C@@H](C)[C@@H](C[C@H](C)O)O1)[C@@H]2CC. The number of carbonyl (C=O) groups is 3. The number of rotatable bonds is 4. The maximum Gasteiger partial charge on any atom is 0.330 e. The molecule has 3 rings (SSSR count). The van der Waals surface area contributed by atoms with Gasteiger partial charge in [-0.1, -0.05) is 92.7 Å². The minimum atomic E-state index is -2.18. The van der Waals surface area contributed by atoms with Crippen LogP contribution in [0.3, 0.4) is 0 Å². The smallest absolute Gasteiger partial charge is 0.330 e. The van der Waals surface area contributed by atoms with Crippen molar-refractivity contribution in [1.29, 1.82) is 0 Å². The topological polar surface area (TPSA) is 180 Å². The number of hydrogen-bond acceptors (Lipinski definition) is 11. The predicted molar refractivity (Wildman–Crippen MR) is 220 cm³/mol. The first kappa shape index (κ1) is 49.1. The Morgan fingerprint density at radius 2 is 1.47 bits per heavy atom. The van der Waals surface area contributed by atoms with Crippen LogP contribution in [0.2, 0.25) is 0 Å². The van der Waals surface area contributed by atoms with Crippen molar-refractivity contribution in [2.24, 2.45) is 53.3 Å². The van der Waals surface area contributed by atoms with E-state index in [0.29, 0.717) is 32.1 Å². The van der Waals surface area contributed by atoms with Crippen LogP contribution in [0.5, 0.6) is 0 Å². The summed E-state index contributed by atoms with van der Waals surface area (Å²) in [7, 11) is 0. The summed E-state index contributed by atoms with van der Waals surface area (Å²) in [6.45, 7) is 19.2. The zero-order chi connectivity index (χ0) is 43.0. The van der Waals surface area contributed by atoms with E-state index in [1.165, 1.54) is 32.9 Å². The highest BCUT2D eigenvalue weighted by atomic mass is 16.7. The summed E-state index contributed by atoms with van der Waals surface area (Å²) in [5, 5.41) is 55.2. The van der Waals surface area contributed by atoms with Gasteiger partial charge in [-0.25, -0.2) is 4.79 Å². The van der Waals surface area contributed by atoms with Gasteiger partial charge in [0.1, 0.15) is 17.5 Å². The van der Waals surface area contributed by atoms with Gasteiger partial charge in [0, 0.05) is 42.1 Å². The summed E-state index contributed by atoms with van der Waals surface area (Å²) >= 11 is 0. The van der Waals surface area contributed by atoms with Gasteiger partial charge >= 0.3 is 5.97 Å². The lowest BCUT2D eigenvalue weighted by Gasteiger charge is -2.56. The van der Waals surface area contributed by atoms with Gasteiger partial charge in [0.15, 0.2) is 11.6 Å². The van der Waals surface area contributed by atoms with Gasteiger partial charge in [0.25, 0.3) is 0 Å². The van der Waals surface area contributed by atoms with Crippen LogP contribution < -0.4 is 0 Å². The summed E-state index contributed by atoms with van der Waals surface area (Å²) in [4.78, 5) is 40.7. The number of ether oxygens (including phenoxy) is 3. The van der Waals surface area contributed by atoms with E-state index < -0.39 is 89.0 Å². The Kier molecular flexibility index (Phi) is 18.4. The van der Waals surface area contributed by atoms with Crippen LogP contribution in [0.15, 0.2) is 36.5 Å². The zero-order valence-corrected chi connectivity index (χ0v) is 36.5. The van der Waals surface area contributed by atoms with Crippen LogP contribution in [0.4, 0.5) is 0 Å². The molecular weight excluding hydrogens is 728 g/mol. The van der Waals surface area contributed by atoms with E-state index in [0.717, 1.165) is 19.3 Å². The summed E-state index contributed by atoms with van der Waals surface area (Å²) < 4.78 is 20.3. The van der Waals surface area contributed by atoms with Crippen LogP contribution in [-0.2, 0) is 28.6 Å². The normalized spacial score (nSPS) is 46.2. The van der Waals surface area contributed by atoms with Crippen molar-refractivity contribution in [3.8, 4) is 0 Å². The lowest BCUT2D eigenvalue weighted by Crippen LogP contribution is -2.63. The second-order valence-electron chi connectivity index (χ2n) is 18.2. The second kappa shape index (κ2) is 21.3. The van der Waals surface area contributed by atoms with E-state index in [1.54, 1.807) is 27.7 Å². The number of Topliss-reactive ketones (excluding diaryl/α,β-unsaturated/α-hetero) is 2. The molecule has 3 heterocycles. The van der Waals surface area contributed by atoms with Crippen LogP contribution in [0.25, 0.3) is 0 Å². The number of fused-ring (bicyclic) bond motifs is 2. The molecule has 0 aliphatic carbocycles. The number of carbonyl (C=O) groups excluding carboxylic acids is 3. The Labute approximate surface area is 342 Å². The lowest BCUT2D eigenvalue weighted by atomic mass is 9.73. The number of ketones is 2. The summed E-state index contributed by atoms with van der Waals surface area (Å²) in [6, 6.07) is 0. The number of aliphatic hydroxyl groups is 5. The minimum Gasteiger partial charge on any atom is -0.458 e. The number of allylic oxidation sites excluding steroid dienone is 4. The predicted octanol–water partition coefficient (Wildman–Crippen LogP) is 6.27. The Morgan fingerprint density at radius 3 is 2.09 bits per heavy atom. The molecule has 2 fully saturated rings. The van der Waals surface area contributed by atoms with Gasteiger partial charge in [-0.15, -0.1) is 0 Å². The largest absolute Gasteiger partial charge is 0.458 e. The van der Waals surface area contributed by atoms with E-state index in [1.807, 2.05) is 25.2 Å². The standard InChI is InChI=1S/C46H76O11/c1-12-34-18-16-14-15-17-28(5)43(52)45(11,54)44(53)33(10)41(51)32(9)40(50)31(8)39(49)27(4)19-22-38(48)55-42-30(7)36(21-20-34)56-46(35(42)13-2)24-23-26(3)37(57-46)25-29(6)47/h14-16,18-19,22,26-37,39,41-43,47,49,51-52,54H,12-13,17,20-21,23-25H2,1-11H3/b15-14+,18-16+,22-19+/t26-,27-,28+,29+,30+,31-,32-,33-,34-,35-,36-,37-,39+,41+,42+,43-,45+,46-/m1/s1. The molecule has 0 amide bonds. The molecule has 1 spiro atoms. The quantitative estimate of drug-likeness (QED) is 0.202. The third kappa shape index (κ3) is 12.0. The van der Waals surface area contributed by atoms with Crippen molar-refractivity contribution in [2.75, 3.05) is 0 Å². The number of hydrogen-bond donors (Lipinski definition) is 5. The van der Waals surface area contributed by atoms with Crippen molar-refractivity contribution < 1.29 is 54.1 Å². The summed E-state index contributed by atoms with van der Waals surface area (Å²) in [5.74, 6) is -7.21. The Morgan fingerprint density at radius 1 is 0.825 bits per heavy atom. The molecule has 18 atom stereocenters. The third-order valence-corrected chi connectivity index (χ3v) is 13.6. The highest BCUT2D eigenvalue weighted by molar-refractivity contribution is 5.91. The van der Waals surface area contributed by atoms with Crippen LogP contribution in [-0.4, -0.2) is 97.2 Å². The van der Waals surface area contributed by atoms with Crippen LogP contribution >= 0.6 is 0 Å². The highest BCUT2D eigenvalue weighted by Gasteiger charge is 2.57. The van der Waals surface area contributed by atoms with Crippen molar-refractivity contribution in [3.05, 3.63) is 36.5 Å². The minimum absolute atomic E-state index is 0.163. The molecule has 57 heavy (non-hydrogen) atoms. The number of esters is 1. The molecule has 0 aromatic carbocycles. The highest BCUT2D eigenvalue weighted by Crippen LogP contribution is 2.50. The van der Waals surface area contributed by atoms with E-state index in [4.69, 9.17) is 14.2 Å². The van der Waals surface area contributed by atoms with Gasteiger partial charge in [-0.3, -0.25) is 9.59 Å². The maximum absolute atomic E-state index is 13.6. The lowest BCUT2D eigenvalue weighted by molar-refractivity contribution is -0.374. The van der Waals surface area contributed by atoms with Gasteiger partial charge in [0.05, 0.1) is 42.5 Å². The molecule has 0 aromatic rings. The molecule has 0 radical (unpaired) electrons. The molecule has 0 unspecified atom stereocenters. The molecule has 0 aromatic heterocycles. The molecule has 0 saturated carbocycles. The van der Waals surface area contributed by atoms with Crippen molar-refractivity contribution in [2.45, 2.75) is 182 Å². The fourth-order valence-corrected chi connectivity index (χ4v) is 9.37. The van der Waals surface area contributed by atoms with Gasteiger partial charge in [-0.2, -0.15) is 0 Å². The fraction of sp³-hybridized carbons (Fsp3) is 0.804. The van der Waals surface area contributed by atoms with Gasteiger partial charge in [0.2, 0.25) is 0 Å². The Hall–Kier alpha value is -2.25. The molecule has 2 bridgehead atoms. The molecule has 11 heteroatoms. The van der Waals surface area contributed by atoms with Crippen LogP contribution in [0.1, 0.15) is 128 Å².